The summed E-state index contributed by atoms with van der Waals surface area (Å²) < 4.78 is 0. The molecule has 2 saturated heterocycles. The molecule has 0 saturated carbocycles. The molecule has 2 aromatic rings. The summed E-state index contributed by atoms with van der Waals surface area (Å²) in [6, 6.07) is 6.74. The van der Waals surface area contributed by atoms with Crippen molar-refractivity contribution in [3.05, 3.63) is 41.2 Å². The molecule has 2 aliphatic heterocycles. The number of carbonyl (C=O) groups is 1. The van der Waals surface area contributed by atoms with E-state index in [0.717, 1.165) is 60.4 Å². The van der Waals surface area contributed by atoms with E-state index in [0.29, 0.717) is 6.04 Å². The van der Waals surface area contributed by atoms with Crippen LogP contribution in [0.25, 0.3) is 0 Å². The van der Waals surface area contributed by atoms with Crippen LogP contribution < -0.4 is 5.32 Å². The molecule has 0 spiro atoms. The topological polar surface area (TPSA) is 61.4 Å². The Morgan fingerprint density at radius 3 is 2.77 bits per heavy atom. The van der Waals surface area contributed by atoms with Gasteiger partial charge >= 0.3 is 0 Å². The first-order valence-electron chi connectivity index (χ1n) is 11.8. The van der Waals surface area contributed by atoms with Crippen LogP contribution in [-0.2, 0) is 0 Å². The van der Waals surface area contributed by atoms with Gasteiger partial charge in [0, 0.05) is 31.9 Å². The molecule has 1 N–H and O–H groups in total. The molecule has 168 valence electrons. The van der Waals surface area contributed by atoms with Crippen LogP contribution in [-0.4, -0.2) is 57.9 Å². The van der Waals surface area contributed by atoms with Crippen LogP contribution in [0.3, 0.4) is 0 Å². The first-order valence-corrected chi connectivity index (χ1v) is 12.6. The fourth-order valence-corrected chi connectivity index (χ4v) is 5.74. The average molecular weight is 442 g/mol. The molecule has 0 aliphatic carbocycles. The summed E-state index contributed by atoms with van der Waals surface area (Å²) in [5.41, 5.74) is 1.02. The summed E-state index contributed by atoms with van der Waals surface area (Å²) in [7, 11) is 0. The zero-order valence-corrected chi connectivity index (χ0v) is 19.6. The lowest BCUT2D eigenvalue weighted by Crippen LogP contribution is -2.49. The molecule has 7 heteroatoms. The highest BCUT2D eigenvalue weighted by molar-refractivity contribution is 7.17. The molecular formula is C24H35N5OS. The average Bonchev–Trinajstić information content (AvgIpc) is 3.28. The fraction of sp³-hybridized carbons (Fsp3) is 0.625. The van der Waals surface area contributed by atoms with Gasteiger partial charge in [-0.2, -0.15) is 0 Å². The number of anilines is 1. The van der Waals surface area contributed by atoms with E-state index in [2.05, 4.69) is 34.0 Å². The van der Waals surface area contributed by atoms with Crippen LogP contribution in [0.4, 0.5) is 5.13 Å². The van der Waals surface area contributed by atoms with Gasteiger partial charge in [-0.25, -0.2) is 4.98 Å². The highest BCUT2D eigenvalue weighted by atomic mass is 32.1. The predicted octanol–water partition coefficient (Wildman–Crippen LogP) is 4.83. The van der Waals surface area contributed by atoms with Crippen LogP contribution in [0, 0.1) is 5.92 Å². The maximum Gasteiger partial charge on any atom is 0.265 e. The smallest absolute Gasteiger partial charge is 0.265 e. The van der Waals surface area contributed by atoms with Crippen LogP contribution in [0.1, 0.15) is 73.8 Å². The number of hydrogen-bond donors (Lipinski definition) is 1. The van der Waals surface area contributed by atoms with Gasteiger partial charge in [-0.05, 0) is 56.7 Å². The molecule has 4 heterocycles. The van der Waals surface area contributed by atoms with E-state index >= 15 is 0 Å². The Balaban J connectivity index is 1.33. The molecule has 2 atom stereocenters. The minimum Gasteiger partial charge on any atom is -0.353 e. The maximum absolute atomic E-state index is 13.1. The lowest BCUT2D eigenvalue weighted by atomic mass is 9.95. The van der Waals surface area contributed by atoms with Crippen molar-refractivity contribution in [2.24, 2.45) is 5.92 Å². The van der Waals surface area contributed by atoms with E-state index in [-0.39, 0.29) is 11.9 Å². The molecule has 2 aliphatic rings. The summed E-state index contributed by atoms with van der Waals surface area (Å²) in [6.07, 6.45) is 10.4. The Bertz CT molecular complexity index is 834. The quantitative estimate of drug-likeness (QED) is 0.667. The lowest BCUT2D eigenvalue weighted by Gasteiger charge is -2.41. The normalized spacial score (nSPS) is 21.7. The fourth-order valence-electron chi connectivity index (χ4n) is 4.90. The minimum atomic E-state index is 0.114. The van der Waals surface area contributed by atoms with Crippen molar-refractivity contribution in [3.8, 4) is 0 Å². The number of likely N-dealkylation sites (tertiary alicyclic amines) is 2. The van der Waals surface area contributed by atoms with Gasteiger partial charge in [0.05, 0.1) is 17.9 Å². The van der Waals surface area contributed by atoms with E-state index in [1.165, 1.54) is 37.3 Å². The zero-order valence-electron chi connectivity index (χ0n) is 18.8. The van der Waals surface area contributed by atoms with Gasteiger partial charge in [0.2, 0.25) is 0 Å². The number of rotatable bonds is 7. The second-order valence-corrected chi connectivity index (χ2v) is 10.1. The Labute approximate surface area is 190 Å². The highest BCUT2D eigenvalue weighted by Crippen LogP contribution is 2.28. The third kappa shape index (κ3) is 5.63. The Hall–Kier alpha value is -1.99. The number of piperidine rings is 2. The van der Waals surface area contributed by atoms with Crippen molar-refractivity contribution in [3.63, 3.8) is 0 Å². The number of aromatic nitrogens is 2. The minimum absolute atomic E-state index is 0.114. The Morgan fingerprint density at radius 2 is 2.06 bits per heavy atom. The number of amides is 1. The second-order valence-electron chi connectivity index (χ2n) is 9.04. The molecule has 0 bridgehead atoms. The molecule has 0 aromatic carbocycles. The van der Waals surface area contributed by atoms with Gasteiger partial charge in [0.25, 0.3) is 5.91 Å². The molecule has 31 heavy (non-hydrogen) atoms. The number of hydrogen-bond acceptors (Lipinski definition) is 6. The molecule has 0 radical (unpaired) electrons. The Morgan fingerprint density at radius 1 is 1.23 bits per heavy atom. The van der Waals surface area contributed by atoms with Gasteiger partial charge in [0.1, 0.15) is 4.88 Å². The largest absolute Gasteiger partial charge is 0.353 e. The van der Waals surface area contributed by atoms with E-state index in [9.17, 15) is 4.79 Å². The third-order valence-electron chi connectivity index (χ3n) is 6.59. The molecule has 4 rings (SSSR count). The number of pyridine rings is 1. The molecule has 6 nitrogen and oxygen atoms in total. The van der Waals surface area contributed by atoms with Crippen LogP contribution in [0.5, 0.6) is 0 Å². The SMILES string of the molecule is CCCC(Nc1ncc(C(=O)N2CCC(N3CCC[C@@H](C)C3)CC2)s1)c1ccccn1. The zero-order chi connectivity index (χ0) is 21.6. The van der Waals surface area contributed by atoms with Gasteiger partial charge in [-0.15, -0.1) is 0 Å². The van der Waals surface area contributed by atoms with E-state index in [4.69, 9.17) is 0 Å². The first kappa shape index (κ1) is 22.2. The van der Waals surface area contributed by atoms with Crippen molar-refractivity contribution in [1.82, 2.24) is 19.8 Å². The van der Waals surface area contributed by atoms with Crippen LogP contribution >= 0.6 is 11.3 Å². The van der Waals surface area contributed by atoms with Crippen molar-refractivity contribution in [1.29, 1.82) is 0 Å². The standard InChI is InChI=1S/C24H35N5OS/c1-3-7-21(20-9-4-5-12-25-20)27-24-26-16-22(31-24)23(30)28-14-10-19(11-15-28)29-13-6-8-18(2)17-29/h4-5,9,12,16,18-19,21H,3,6-8,10-11,13-15,17H2,1-2H3,(H,26,27)/t18-,21?/m1/s1. The number of thiazole rings is 1. The van der Waals surface area contributed by atoms with Gasteiger partial charge in [-0.1, -0.05) is 37.7 Å². The molecule has 1 unspecified atom stereocenters. The summed E-state index contributed by atoms with van der Waals surface area (Å²) in [5.74, 6) is 0.931. The second kappa shape index (κ2) is 10.6. The van der Waals surface area contributed by atoms with Gasteiger partial charge in [-0.3, -0.25) is 14.7 Å². The summed E-state index contributed by atoms with van der Waals surface area (Å²) in [6.45, 7) is 8.67. The molecule has 2 aromatic heterocycles. The monoisotopic (exact) mass is 441 g/mol. The van der Waals surface area contributed by atoms with Crippen LogP contribution in [0.15, 0.2) is 30.6 Å². The van der Waals surface area contributed by atoms with Crippen LogP contribution in [0.2, 0.25) is 0 Å². The van der Waals surface area contributed by atoms with Crippen molar-refractivity contribution in [2.45, 2.75) is 64.5 Å². The Kier molecular flexibility index (Phi) is 7.56. The maximum atomic E-state index is 13.1. The predicted molar refractivity (Wildman–Crippen MR) is 127 cm³/mol. The molecular weight excluding hydrogens is 406 g/mol. The summed E-state index contributed by atoms with van der Waals surface area (Å²) in [5, 5.41) is 4.29. The molecule has 2 fully saturated rings. The summed E-state index contributed by atoms with van der Waals surface area (Å²) in [4.78, 5) is 27.5. The van der Waals surface area contributed by atoms with E-state index in [1.807, 2.05) is 29.3 Å². The number of carbonyl (C=O) groups excluding carboxylic acids is 1. The summed E-state index contributed by atoms with van der Waals surface area (Å²) >= 11 is 1.46. The number of nitrogens with one attached hydrogen (secondary N) is 1. The van der Waals surface area contributed by atoms with Crippen molar-refractivity contribution < 1.29 is 4.79 Å². The molecule has 1 amide bonds. The van der Waals surface area contributed by atoms with E-state index < -0.39 is 0 Å². The van der Waals surface area contributed by atoms with Crippen molar-refractivity contribution >= 4 is 22.4 Å². The van der Waals surface area contributed by atoms with Gasteiger partial charge < -0.3 is 10.2 Å². The van der Waals surface area contributed by atoms with E-state index in [1.54, 1.807) is 6.20 Å². The highest BCUT2D eigenvalue weighted by Gasteiger charge is 2.30. The van der Waals surface area contributed by atoms with Gasteiger partial charge in [0.15, 0.2) is 5.13 Å². The lowest BCUT2D eigenvalue weighted by molar-refractivity contribution is 0.0545. The third-order valence-corrected chi connectivity index (χ3v) is 7.51. The number of nitrogens with zero attached hydrogens (tertiary/aromatic N) is 4. The van der Waals surface area contributed by atoms with Crippen molar-refractivity contribution in [2.75, 3.05) is 31.5 Å². The first-order chi connectivity index (χ1) is 15.1.